The van der Waals surface area contributed by atoms with Gasteiger partial charge in [-0.25, -0.2) is 0 Å². The lowest BCUT2D eigenvalue weighted by atomic mass is 9.98. The molecular weight excluding hydrogens is 535 g/mol. The fourth-order valence-corrected chi connectivity index (χ4v) is 5.98. The average molecular weight is 561 g/mol. The standard InChI is InChI=1S/C29H25FN4O5S/c1-2-38-26-15-23-25(14-22(26)18-4-3-5-20(13-18)39-40(30,36)37)34(19-8-10-32-11-9-19)29-27(28(23)35)21-7-6-17(16-31)12-24(21)33-29/h3-7,12-15,19,32-33H,2,8-11H2,1H3. The summed E-state index contributed by atoms with van der Waals surface area (Å²) in [5.41, 5.74) is 3.50. The number of aromatic nitrogens is 2. The van der Waals surface area contributed by atoms with Crippen LogP contribution in [0.2, 0.25) is 0 Å². The molecule has 0 atom stereocenters. The summed E-state index contributed by atoms with van der Waals surface area (Å²) in [6.45, 7) is 3.79. The number of ether oxygens (including phenoxy) is 1. The monoisotopic (exact) mass is 560 g/mol. The minimum absolute atomic E-state index is 0.0764. The molecule has 1 fully saturated rings. The number of fused-ring (bicyclic) bond motifs is 4. The quantitative estimate of drug-likeness (QED) is 0.277. The second kappa shape index (κ2) is 9.97. The van der Waals surface area contributed by atoms with Crippen LogP contribution in [0.15, 0.2) is 59.4 Å². The highest BCUT2D eigenvalue weighted by Gasteiger charge is 2.25. The molecule has 2 N–H and O–H groups in total. The molecule has 0 spiro atoms. The van der Waals surface area contributed by atoms with Crippen molar-refractivity contribution in [1.82, 2.24) is 14.9 Å². The number of nitriles is 1. The molecule has 0 saturated carbocycles. The molecule has 11 heteroatoms. The van der Waals surface area contributed by atoms with Crippen LogP contribution in [0.25, 0.3) is 44.0 Å². The summed E-state index contributed by atoms with van der Waals surface area (Å²) in [4.78, 5) is 17.5. The number of benzene rings is 3. The van der Waals surface area contributed by atoms with Crippen molar-refractivity contribution in [1.29, 1.82) is 5.26 Å². The van der Waals surface area contributed by atoms with Crippen LogP contribution in [0.5, 0.6) is 11.5 Å². The van der Waals surface area contributed by atoms with E-state index >= 15 is 0 Å². The van der Waals surface area contributed by atoms with E-state index in [9.17, 15) is 22.4 Å². The Labute approximate surface area is 229 Å². The Morgan fingerprint density at radius 3 is 2.62 bits per heavy atom. The predicted octanol–water partition coefficient (Wildman–Crippen LogP) is 5.09. The Morgan fingerprint density at radius 1 is 1.10 bits per heavy atom. The Kier molecular flexibility index (Phi) is 6.44. The van der Waals surface area contributed by atoms with Gasteiger partial charge in [-0.3, -0.25) is 4.79 Å². The van der Waals surface area contributed by atoms with Crippen LogP contribution < -0.4 is 19.7 Å². The molecule has 0 radical (unpaired) electrons. The number of hydrogen-bond donors (Lipinski definition) is 2. The van der Waals surface area contributed by atoms with Gasteiger partial charge >= 0.3 is 10.5 Å². The fraction of sp³-hybridized carbons (Fsp3) is 0.241. The molecule has 3 heterocycles. The maximum absolute atomic E-state index is 14.1. The maximum Gasteiger partial charge on any atom is 0.488 e. The first kappa shape index (κ1) is 25.9. The van der Waals surface area contributed by atoms with Gasteiger partial charge in [-0.1, -0.05) is 22.1 Å². The lowest BCUT2D eigenvalue weighted by Gasteiger charge is -2.28. The third-order valence-electron chi connectivity index (χ3n) is 7.29. The van der Waals surface area contributed by atoms with Gasteiger partial charge in [-0.2, -0.15) is 13.7 Å². The summed E-state index contributed by atoms with van der Waals surface area (Å²) < 4.78 is 48.1. The number of halogens is 1. The van der Waals surface area contributed by atoms with Crippen molar-refractivity contribution >= 4 is 43.3 Å². The summed E-state index contributed by atoms with van der Waals surface area (Å²) >= 11 is 0. The first-order valence-corrected chi connectivity index (χ1v) is 14.2. The summed E-state index contributed by atoms with van der Waals surface area (Å²) in [5.74, 6) is 0.243. The van der Waals surface area contributed by atoms with E-state index in [1.807, 2.05) is 13.0 Å². The summed E-state index contributed by atoms with van der Waals surface area (Å²) in [5, 5.41) is 14.6. The van der Waals surface area contributed by atoms with Gasteiger partial charge in [0.25, 0.3) is 0 Å². The molecule has 3 aromatic carbocycles. The summed E-state index contributed by atoms with van der Waals surface area (Å²) in [7, 11) is -5.21. The first-order chi connectivity index (χ1) is 19.3. The van der Waals surface area contributed by atoms with Crippen LogP contribution in [0.4, 0.5) is 3.89 Å². The maximum atomic E-state index is 14.1. The van der Waals surface area contributed by atoms with Gasteiger partial charge in [0.15, 0.2) is 5.43 Å². The number of nitrogens with one attached hydrogen (secondary N) is 2. The molecule has 2 aromatic heterocycles. The van der Waals surface area contributed by atoms with Crippen molar-refractivity contribution in [2.24, 2.45) is 0 Å². The highest BCUT2D eigenvalue weighted by atomic mass is 32.3. The number of rotatable bonds is 6. The van der Waals surface area contributed by atoms with Crippen molar-refractivity contribution in [3.8, 4) is 28.7 Å². The molecule has 5 aromatic rings. The average Bonchev–Trinajstić information content (AvgIpc) is 3.31. The largest absolute Gasteiger partial charge is 0.493 e. The Balaban J connectivity index is 1.70. The number of aromatic amines is 1. The zero-order valence-electron chi connectivity index (χ0n) is 21.5. The normalized spacial score (nSPS) is 14.5. The lowest BCUT2D eigenvalue weighted by molar-refractivity contribution is 0.342. The van der Waals surface area contributed by atoms with Gasteiger partial charge < -0.3 is 23.8 Å². The third-order valence-corrected chi connectivity index (χ3v) is 7.68. The highest BCUT2D eigenvalue weighted by molar-refractivity contribution is 7.81. The van der Waals surface area contributed by atoms with Gasteiger partial charge in [0.2, 0.25) is 0 Å². The second-order valence-corrected chi connectivity index (χ2v) is 10.7. The van der Waals surface area contributed by atoms with Crippen molar-refractivity contribution < 1.29 is 21.2 Å². The van der Waals surface area contributed by atoms with E-state index in [0.717, 1.165) is 31.3 Å². The minimum Gasteiger partial charge on any atom is -0.493 e. The predicted molar refractivity (Wildman–Crippen MR) is 151 cm³/mol. The molecule has 6 rings (SSSR count). The van der Waals surface area contributed by atoms with E-state index in [2.05, 4.69) is 25.1 Å². The number of piperidine rings is 1. The topological polar surface area (TPSA) is 126 Å². The van der Waals surface area contributed by atoms with E-state index in [0.29, 0.717) is 56.5 Å². The molecule has 0 bridgehead atoms. The van der Waals surface area contributed by atoms with E-state index in [1.54, 1.807) is 36.4 Å². The number of H-pyrrole nitrogens is 1. The molecule has 204 valence electrons. The molecule has 0 unspecified atom stereocenters. The van der Waals surface area contributed by atoms with Crippen LogP contribution in [0, 0.1) is 11.3 Å². The van der Waals surface area contributed by atoms with Gasteiger partial charge in [0.05, 0.1) is 34.5 Å². The van der Waals surface area contributed by atoms with Crippen molar-refractivity contribution in [3.05, 3.63) is 70.4 Å². The molecule has 0 amide bonds. The second-order valence-electron chi connectivity index (χ2n) is 9.70. The van der Waals surface area contributed by atoms with Crippen LogP contribution in [-0.2, 0) is 10.5 Å². The highest BCUT2D eigenvalue weighted by Crippen LogP contribution is 2.39. The van der Waals surface area contributed by atoms with Gasteiger partial charge in [0.1, 0.15) is 17.1 Å². The minimum atomic E-state index is -5.21. The molecule has 1 aliphatic rings. The SMILES string of the molecule is CCOc1cc2c(=O)c3c4ccc(C#N)cc4[nH]c3n(C3CCNCC3)c2cc1-c1cccc(OS(=O)(=O)F)c1. The Bertz CT molecular complexity index is 2000. The molecule has 40 heavy (non-hydrogen) atoms. The van der Waals surface area contributed by atoms with Gasteiger partial charge in [-0.05, 0) is 74.8 Å². The van der Waals surface area contributed by atoms with E-state index in [4.69, 9.17) is 4.74 Å². The van der Waals surface area contributed by atoms with Crippen molar-refractivity contribution in [3.63, 3.8) is 0 Å². The van der Waals surface area contributed by atoms with E-state index in [1.165, 1.54) is 12.1 Å². The third kappa shape index (κ3) is 4.55. The first-order valence-electron chi connectivity index (χ1n) is 12.9. The smallest absolute Gasteiger partial charge is 0.488 e. The van der Waals surface area contributed by atoms with Crippen molar-refractivity contribution in [2.75, 3.05) is 19.7 Å². The van der Waals surface area contributed by atoms with Gasteiger partial charge in [-0.15, -0.1) is 0 Å². The Hall–Kier alpha value is -4.40. The van der Waals surface area contributed by atoms with Crippen LogP contribution in [-0.4, -0.2) is 37.7 Å². The zero-order valence-corrected chi connectivity index (χ0v) is 22.3. The number of pyridine rings is 1. The van der Waals surface area contributed by atoms with Gasteiger partial charge in [0, 0.05) is 22.5 Å². The fourth-order valence-electron chi connectivity index (χ4n) is 5.64. The van der Waals surface area contributed by atoms with Crippen LogP contribution >= 0.6 is 0 Å². The molecule has 1 aliphatic heterocycles. The molecule has 1 saturated heterocycles. The summed E-state index contributed by atoms with van der Waals surface area (Å²) in [6.07, 6.45) is 1.68. The van der Waals surface area contributed by atoms with Crippen LogP contribution in [0.3, 0.4) is 0 Å². The van der Waals surface area contributed by atoms with Crippen LogP contribution in [0.1, 0.15) is 31.4 Å². The number of hydrogen-bond acceptors (Lipinski definition) is 7. The van der Waals surface area contributed by atoms with Crippen molar-refractivity contribution in [2.45, 2.75) is 25.8 Å². The molecular formula is C29H25FN4O5S. The van der Waals surface area contributed by atoms with E-state index in [-0.39, 0.29) is 17.2 Å². The summed E-state index contributed by atoms with van der Waals surface area (Å²) in [6, 6.07) is 17.1. The number of nitrogens with zero attached hydrogens (tertiary/aromatic N) is 2. The lowest BCUT2D eigenvalue weighted by Crippen LogP contribution is -2.30. The molecule has 0 aliphatic carbocycles. The zero-order chi connectivity index (χ0) is 28.0. The Morgan fingerprint density at radius 2 is 1.90 bits per heavy atom. The van der Waals surface area contributed by atoms with E-state index < -0.39 is 10.5 Å². The molecule has 9 nitrogen and oxygen atoms in total.